The van der Waals surface area contributed by atoms with Gasteiger partial charge in [-0.2, -0.15) is 0 Å². The summed E-state index contributed by atoms with van der Waals surface area (Å²) in [4.78, 5) is 50.9. The van der Waals surface area contributed by atoms with E-state index in [0.29, 0.717) is 24.2 Å². The lowest BCUT2D eigenvalue weighted by Crippen LogP contribution is -2.61. The SMILES string of the molecule is CCCCN1C(=O)C(=O)N(CC(=O)NC23CC4CC(CC(C4)C2)C3)C1=O. The highest BCUT2D eigenvalue weighted by atomic mass is 16.2. The molecule has 5 rings (SSSR count). The van der Waals surface area contributed by atoms with Crippen molar-refractivity contribution < 1.29 is 19.2 Å². The average Bonchev–Trinajstić information content (AvgIpc) is 2.75. The van der Waals surface area contributed by atoms with Gasteiger partial charge in [0.25, 0.3) is 0 Å². The van der Waals surface area contributed by atoms with Crippen LogP contribution in [0.25, 0.3) is 0 Å². The highest BCUT2D eigenvalue weighted by Crippen LogP contribution is 2.55. The van der Waals surface area contributed by atoms with E-state index in [0.717, 1.165) is 35.5 Å². The van der Waals surface area contributed by atoms with Crippen LogP contribution in [-0.4, -0.2) is 52.2 Å². The Labute approximate surface area is 153 Å². The Morgan fingerprint density at radius 1 is 1.00 bits per heavy atom. The van der Waals surface area contributed by atoms with Gasteiger partial charge in [-0.05, 0) is 62.7 Å². The van der Waals surface area contributed by atoms with E-state index in [9.17, 15) is 19.2 Å². The number of hydrogen-bond acceptors (Lipinski definition) is 4. The minimum atomic E-state index is -0.883. The lowest BCUT2D eigenvalue weighted by atomic mass is 9.53. The number of urea groups is 1. The van der Waals surface area contributed by atoms with E-state index in [-0.39, 0.29) is 24.5 Å². The van der Waals surface area contributed by atoms with Crippen LogP contribution in [0.1, 0.15) is 58.3 Å². The van der Waals surface area contributed by atoms with Crippen LogP contribution in [0.4, 0.5) is 4.79 Å². The first-order chi connectivity index (χ1) is 12.4. The predicted molar refractivity (Wildman–Crippen MR) is 92.8 cm³/mol. The maximum absolute atomic E-state index is 12.6. The van der Waals surface area contributed by atoms with E-state index in [2.05, 4.69) is 5.32 Å². The van der Waals surface area contributed by atoms with Crippen molar-refractivity contribution in [3.8, 4) is 0 Å². The van der Waals surface area contributed by atoms with Crippen LogP contribution in [0, 0.1) is 17.8 Å². The zero-order chi connectivity index (χ0) is 18.5. The Morgan fingerprint density at radius 2 is 1.54 bits per heavy atom. The number of nitrogens with zero attached hydrogens (tertiary/aromatic N) is 2. The lowest BCUT2D eigenvalue weighted by molar-refractivity contribution is -0.144. The molecule has 0 aromatic carbocycles. The van der Waals surface area contributed by atoms with Gasteiger partial charge in [-0.3, -0.25) is 19.3 Å². The Bertz CT molecular complexity index is 624. The third-order valence-corrected chi connectivity index (χ3v) is 6.61. The third-order valence-electron chi connectivity index (χ3n) is 6.61. The number of unbranched alkanes of at least 4 members (excludes halogenated alkanes) is 1. The van der Waals surface area contributed by atoms with E-state index >= 15 is 0 Å². The fourth-order valence-corrected chi connectivity index (χ4v) is 5.95. The fraction of sp³-hybridized carbons (Fsp3) is 0.789. The van der Waals surface area contributed by atoms with Gasteiger partial charge >= 0.3 is 17.8 Å². The van der Waals surface area contributed by atoms with E-state index in [1.165, 1.54) is 19.3 Å². The molecule has 0 aromatic heterocycles. The first-order valence-corrected chi connectivity index (χ1v) is 9.89. The van der Waals surface area contributed by atoms with Crippen LogP contribution in [-0.2, 0) is 14.4 Å². The molecule has 5 fully saturated rings. The number of nitrogens with one attached hydrogen (secondary N) is 1. The summed E-state index contributed by atoms with van der Waals surface area (Å²) in [7, 11) is 0. The molecule has 0 aromatic rings. The van der Waals surface area contributed by atoms with Crippen LogP contribution in [0.15, 0.2) is 0 Å². The molecular weight excluding hydrogens is 334 g/mol. The standard InChI is InChI=1S/C19H27N3O4/c1-2-3-4-21-16(24)17(25)22(18(21)26)11-15(23)20-19-8-12-5-13(9-19)7-14(6-12)10-19/h12-14H,2-11H2,1H3,(H,20,23). The summed E-state index contributed by atoms with van der Waals surface area (Å²) in [5.74, 6) is 0.0738. The van der Waals surface area contributed by atoms with Gasteiger partial charge < -0.3 is 5.32 Å². The maximum Gasteiger partial charge on any atom is 0.334 e. The van der Waals surface area contributed by atoms with Crippen molar-refractivity contribution in [1.82, 2.24) is 15.1 Å². The fourth-order valence-electron chi connectivity index (χ4n) is 5.95. The van der Waals surface area contributed by atoms with Gasteiger partial charge in [0.2, 0.25) is 5.91 Å². The molecule has 0 radical (unpaired) electrons. The molecule has 1 heterocycles. The number of imide groups is 2. The van der Waals surface area contributed by atoms with E-state index in [1.54, 1.807) is 0 Å². The summed E-state index contributed by atoms with van der Waals surface area (Å²) in [6.07, 6.45) is 8.32. The highest BCUT2D eigenvalue weighted by Gasteiger charge is 2.52. The van der Waals surface area contributed by atoms with Crippen molar-refractivity contribution >= 4 is 23.8 Å². The minimum absolute atomic E-state index is 0.163. The highest BCUT2D eigenvalue weighted by molar-refractivity contribution is 6.45. The van der Waals surface area contributed by atoms with Crippen LogP contribution in [0.3, 0.4) is 0 Å². The molecule has 0 unspecified atom stereocenters. The van der Waals surface area contributed by atoms with Crippen molar-refractivity contribution in [1.29, 1.82) is 0 Å². The number of carbonyl (C=O) groups is 4. The smallest absolute Gasteiger partial charge is 0.334 e. The average molecular weight is 361 g/mol. The Kier molecular flexibility index (Phi) is 4.28. The van der Waals surface area contributed by atoms with Gasteiger partial charge in [0.05, 0.1) is 0 Å². The molecule has 1 N–H and O–H groups in total. The third kappa shape index (κ3) is 2.91. The zero-order valence-electron chi connectivity index (χ0n) is 15.3. The van der Waals surface area contributed by atoms with Crippen molar-refractivity contribution in [3.05, 3.63) is 0 Å². The molecule has 142 valence electrons. The number of amides is 5. The Hall–Kier alpha value is -1.92. The second kappa shape index (κ2) is 6.35. The quantitative estimate of drug-likeness (QED) is 0.576. The van der Waals surface area contributed by atoms with Gasteiger partial charge in [0.15, 0.2) is 0 Å². The summed E-state index contributed by atoms with van der Waals surface area (Å²) in [5, 5.41) is 3.15. The van der Waals surface area contributed by atoms with Crippen LogP contribution in [0.5, 0.6) is 0 Å². The molecule has 0 spiro atoms. The maximum atomic E-state index is 12.6. The molecule has 4 bridgehead atoms. The monoisotopic (exact) mass is 361 g/mol. The second-order valence-corrected chi connectivity index (χ2v) is 8.73. The largest absolute Gasteiger partial charge is 0.349 e. The second-order valence-electron chi connectivity index (χ2n) is 8.73. The van der Waals surface area contributed by atoms with Crippen molar-refractivity contribution in [2.24, 2.45) is 17.8 Å². The van der Waals surface area contributed by atoms with Gasteiger partial charge in [-0.15, -0.1) is 0 Å². The van der Waals surface area contributed by atoms with Gasteiger partial charge in [-0.25, -0.2) is 9.69 Å². The van der Waals surface area contributed by atoms with E-state index in [4.69, 9.17) is 0 Å². The van der Waals surface area contributed by atoms with Gasteiger partial charge in [0, 0.05) is 12.1 Å². The Morgan fingerprint density at radius 3 is 2.08 bits per heavy atom. The van der Waals surface area contributed by atoms with Gasteiger partial charge in [-0.1, -0.05) is 13.3 Å². The molecule has 1 aliphatic heterocycles. The first-order valence-electron chi connectivity index (χ1n) is 9.89. The molecule has 4 aliphatic carbocycles. The van der Waals surface area contributed by atoms with Crippen molar-refractivity contribution in [3.63, 3.8) is 0 Å². The summed E-state index contributed by atoms with van der Waals surface area (Å²) < 4.78 is 0. The summed E-state index contributed by atoms with van der Waals surface area (Å²) >= 11 is 0. The van der Waals surface area contributed by atoms with E-state index < -0.39 is 17.8 Å². The first kappa shape index (κ1) is 17.5. The van der Waals surface area contributed by atoms with Crippen LogP contribution < -0.4 is 5.32 Å². The van der Waals surface area contributed by atoms with Gasteiger partial charge in [0.1, 0.15) is 6.54 Å². The number of rotatable bonds is 6. The lowest BCUT2D eigenvalue weighted by Gasteiger charge is -2.56. The topological polar surface area (TPSA) is 86.8 Å². The molecule has 0 atom stereocenters. The molecule has 7 nitrogen and oxygen atoms in total. The minimum Gasteiger partial charge on any atom is -0.349 e. The number of carbonyl (C=O) groups excluding carboxylic acids is 4. The summed E-state index contributed by atoms with van der Waals surface area (Å²) in [6.45, 7) is 1.82. The molecule has 26 heavy (non-hydrogen) atoms. The predicted octanol–water partition coefficient (Wildman–Crippen LogP) is 1.66. The zero-order valence-corrected chi connectivity index (χ0v) is 15.3. The molecule has 5 amide bonds. The normalized spacial score (nSPS) is 35.6. The molecule has 7 heteroatoms. The molecular formula is C19H27N3O4. The van der Waals surface area contributed by atoms with E-state index in [1.807, 2.05) is 6.92 Å². The summed E-state index contributed by atoms with van der Waals surface area (Å²) in [5.41, 5.74) is -0.163. The Balaban J connectivity index is 1.40. The number of hydrogen-bond donors (Lipinski definition) is 1. The summed E-state index contributed by atoms with van der Waals surface area (Å²) in [6, 6.07) is -0.658. The molecule has 5 aliphatic rings. The van der Waals surface area contributed by atoms with Crippen LogP contribution >= 0.6 is 0 Å². The van der Waals surface area contributed by atoms with Crippen molar-refractivity contribution in [2.45, 2.75) is 63.8 Å². The van der Waals surface area contributed by atoms with Crippen molar-refractivity contribution in [2.75, 3.05) is 13.1 Å². The molecule has 1 saturated heterocycles. The van der Waals surface area contributed by atoms with Crippen LogP contribution in [0.2, 0.25) is 0 Å². The molecule has 4 saturated carbocycles.